The Labute approximate surface area is 371 Å². The quantitative estimate of drug-likeness (QED) is 0.162. The van der Waals surface area contributed by atoms with Crippen LogP contribution in [0.25, 0.3) is 71.6 Å². The molecule has 3 aliphatic rings. The zero-order valence-corrected chi connectivity index (χ0v) is 36.4. The maximum absolute atomic E-state index is 2.59. The number of hydrogen-bond acceptors (Lipinski definition) is 1. The topological polar surface area (TPSA) is 3.24 Å². The lowest BCUT2D eigenvalue weighted by Crippen LogP contribution is -2.33. The van der Waals surface area contributed by atoms with Crippen molar-refractivity contribution in [2.45, 2.75) is 51.0 Å². The van der Waals surface area contributed by atoms with E-state index in [2.05, 4.69) is 239 Å². The first-order valence-electron chi connectivity index (χ1n) is 22.5. The van der Waals surface area contributed by atoms with E-state index >= 15 is 0 Å². The van der Waals surface area contributed by atoms with E-state index in [1.807, 2.05) is 0 Å². The minimum atomic E-state index is -0.0590. The summed E-state index contributed by atoms with van der Waals surface area (Å²) >= 11 is 0. The van der Waals surface area contributed by atoms with Crippen molar-refractivity contribution in [1.82, 2.24) is 0 Å². The molecule has 3 aliphatic carbocycles. The van der Waals surface area contributed by atoms with Gasteiger partial charge < -0.3 is 4.90 Å². The van der Waals surface area contributed by atoms with Gasteiger partial charge in [0.2, 0.25) is 0 Å². The maximum Gasteiger partial charge on any atom is 0.0563 e. The molecule has 0 N–H and O–H groups in total. The molecule has 0 fully saturated rings. The zero-order valence-electron chi connectivity index (χ0n) is 36.4. The van der Waals surface area contributed by atoms with Crippen LogP contribution < -0.4 is 4.90 Å². The molecular formula is C62H49N. The first-order chi connectivity index (χ1) is 30.7. The molecule has 302 valence electrons. The molecule has 1 atom stereocenters. The summed E-state index contributed by atoms with van der Waals surface area (Å²) in [6, 6.07) is 72.7. The monoisotopic (exact) mass is 807 g/mol. The highest BCUT2D eigenvalue weighted by Crippen LogP contribution is 2.53. The van der Waals surface area contributed by atoms with Gasteiger partial charge in [0.15, 0.2) is 0 Å². The van der Waals surface area contributed by atoms with Gasteiger partial charge in [-0.1, -0.05) is 198 Å². The van der Waals surface area contributed by atoms with Crippen LogP contribution in [-0.4, -0.2) is 6.04 Å². The van der Waals surface area contributed by atoms with Crippen molar-refractivity contribution in [3.8, 4) is 44.5 Å². The molecule has 0 aliphatic heterocycles. The lowest BCUT2D eigenvalue weighted by molar-refractivity contribution is 0.585. The molecule has 0 aromatic heterocycles. The minimum absolute atomic E-state index is 0.0453. The van der Waals surface area contributed by atoms with E-state index in [1.165, 1.54) is 111 Å². The molecule has 0 bridgehead atoms. The van der Waals surface area contributed by atoms with Gasteiger partial charge in [-0.3, -0.25) is 0 Å². The van der Waals surface area contributed by atoms with Crippen molar-refractivity contribution in [2.24, 2.45) is 0 Å². The van der Waals surface area contributed by atoms with Crippen LogP contribution in [0.2, 0.25) is 0 Å². The van der Waals surface area contributed by atoms with Gasteiger partial charge in [0.05, 0.1) is 6.04 Å². The second-order valence-electron chi connectivity index (χ2n) is 18.9. The van der Waals surface area contributed by atoms with E-state index in [-0.39, 0.29) is 16.9 Å². The van der Waals surface area contributed by atoms with Gasteiger partial charge in [0.1, 0.15) is 0 Å². The molecule has 0 saturated carbocycles. The average molecular weight is 808 g/mol. The highest BCUT2D eigenvalue weighted by molar-refractivity contribution is 6.06. The number of allylic oxidation sites excluding steroid dienone is 2. The average Bonchev–Trinajstić information content (AvgIpc) is 3.70. The summed E-state index contributed by atoms with van der Waals surface area (Å²) in [6.07, 6.45) is 5.81. The summed E-state index contributed by atoms with van der Waals surface area (Å²) in [5, 5.41) is 5.02. The summed E-state index contributed by atoms with van der Waals surface area (Å²) in [4.78, 5) is 2.59. The largest absolute Gasteiger partial charge is 0.334 e. The van der Waals surface area contributed by atoms with Crippen molar-refractivity contribution in [2.75, 3.05) is 4.90 Å². The molecule has 0 spiro atoms. The normalized spacial score (nSPS) is 16.5. The summed E-state index contributed by atoms with van der Waals surface area (Å²) < 4.78 is 0. The predicted molar refractivity (Wildman–Crippen MR) is 268 cm³/mol. The van der Waals surface area contributed by atoms with Crippen LogP contribution in [0.5, 0.6) is 0 Å². The molecule has 1 unspecified atom stereocenters. The molecule has 12 rings (SSSR count). The Balaban J connectivity index is 0.970. The lowest BCUT2D eigenvalue weighted by atomic mass is 9.77. The highest BCUT2D eigenvalue weighted by atomic mass is 15.2. The fourth-order valence-electron chi connectivity index (χ4n) is 11.4. The third-order valence-electron chi connectivity index (χ3n) is 14.7. The van der Waals surface area contributed by atoms with E-state index in [0.717, 1.165) is 6.42 Å². The number of nitrogens with zero attached hydrogens (tertiary/aromatic N) is 1. The Bertz CT molecular complexity index is 3370. The van der Waals surface area contributed by atoms with Gasteiger partial charge in [-0.05, 0) is 142 Å². The Morgan fingerprint density at radius 3 is 1.86 bits per heavy atom. The smallest absolute Gasteiger partial charge is 0.0563 e. The second-order valence-corrected chi connectivity index (χ2v) is 18.9. The third-order valence-corrected chi connectivity index (χ3v) is 14.7. The van der Waals surface area contributed by atoms with E-state index in [4.69, 9.17) is 0 Å². The number of fused-ring (bicyclic) bond motifs is 7. The van der Waals surface area contributed by atoms with Gasteiger partial charge in [-0.25, -0.2) is 0 Å². The molecule has 9 aromatic carbocycles. The summed E-state index contributed by atoms with van der Waals surface area (Å²) in [6.45, 7) is 9.56. The molecule has 0 radical (unpaired) electrons. The third kappa shape index (κ3) is 5.90. The Morgan fingerprint density at radius 2 is 1.03 bits per heavy atom. The Morgan fingerprint density at radius 1 is 0.413 bits per heavy atom. The van der Waals surface area contributed by atoms with Gasteiger partial charge >= 0.3 is 0 Å². The molecular weight excluding hydrogens is 759 g/mol. The van der Waals surface area contributed by atoms with Gasteiger partial charge in [0, 0.05) is 22.2 Å². The van der Waals surface area contributed by atoms with Gasteiger partial charge in [0.25, 0.3) is 0 Å². The molecule has 63 heavy (non-hydrogen) atoms. The van der Waals surface area contributed by atoms with Crippen molar-refractivity contribution >= 4 is 38.5 Å². The summed E-state index contributed by atoms with van der Waals surface area (Å²) in [7, 11) is 0. The molecule has 1 nitrogen and oxygen atoms in total. The summed E-state index contributed by atoms with van der Waals surface area (Å²) in [5.74, 6) is 0. The number of benzene rings is 9. The van der Waals surface area contributed by atoms with Crippen LogP contribution in [0, 0.1) is 0 Å². The maximum atomic E-state index is 2.59. The molecule has 9 aromatic rings. The van der Waals surface area contributed by atoms with Gasteiger partial charge in [-0.15, -0.1) is 0 Å². The van der Waals surface area contributed by atoms with Gasteiger partial charge in [-0.2, -0.15) is 0 Å². The molecule has 0 saturated heterocycles. The predicted octanol–water partition coefficient (Wildman–Crippen LogP) is 16.5. The molecule has 0 heterocycles. The number of anilines is 2. The van der Waals surface area contributed by atoms with Crippen LogP contribution in [0.4, 0.5) is 11.4 Å². The van der Waals surface area contributed by atoms with E-state index in [1.54, 1.807) is 0 Å². The van der Waals surface area contributed by atoms with Crippen LogP contribution >= 0.6 is 0 Å². The van der Waals surface area contributed by atoms with Crippen molar-refractivity contribution in [3.05, 3.63) is 234 Å². The highest BCUT2D eigenvalue weighted by Gasteiger charge is 2.40. The first kappa shape index (κ1) is 37.5. The number of hydrogen-bond donors (Lipinski definition) is 0. The fraction of sp³-hybridized carbons (Fsp3) is 0.129. The van der Waals surface area contributed by atoms with E-state index in [9.17, 15) is 0 Å². The summed E-state index contributed by atoms with van der Waals surface area (Å²) in [5.41, 5.74) is 20.9. The van der Waals surface area contributed by atoms with E-state index in [0.29, 0.717) is 0 Å². The molecule has 1 heteroatoms. The zero-order chi connectivity index (χ0) is 42.5. The van der Waals surface area contributed by atoms with Crippen molar-refractivity contribution < 1.29 is 0 Å². The van der Waals surface area contributed by atoms with Crippen molar-refractivity contribution in [3.63, 3.8) is 0 Å². The van der Waals surface area contributed by atoms with E-state index < -0.39 is 0 Å². The Hall–Kier alpha value is -7.22. The second kappa shape index (κ2) is 14.2. The number of rotatable bonds is 6. The van der Waals surface area contributed by atoms with Crippen LogP contribution in [0.15, 0.2) is 212 Å². The van der Waals surface area contributed by atoms with Crippen LogP contribution in [0.1, 0.15) is 56.4 Å². The lowest BCUT2D eigenvalue weighted by Gasteiger charge is -2.37. The minimum Gasteiger partial charge on any atom is -0.334 e. The van der Waals surface area contributed by atoms with Crippen molar-refractivity contribution in [1.29, 1.82) is 0 Å². The van der Waals surface area contributed by atoms with Crippen LogP contribution in [0.3, 0.4) is 0 Å². The SMILES string of the molecule is CC1(C)C2=C(C=CC(N(c3ccc(-c4ccc5ccccc5c4-c4ccc5ccccc5c4)cc3)c3cccc(-c4ccc5c(c4)C(C)(C)c4ccccc4-5)c3)C2)c2ccccc21. The first-order valence-corrected chi connectivity index (χ1v) is 22.5. The standard InChI is InChI=1S/C62H49N/c1-61(2)56-22-11-9-20-52(56)54-34-29-45(38-58(54)61)44-17-13-18-48(37-44)63(49-32-35-55-53-21-10-12-23-57(53)62(3,4)59(55)39-49)47-30-26-42(27-31-47)51-33-28-41-15-7-8-19-50(41)60(51)46-25-24-40-14-5-6-16-43(40)36-46/h5-38,49H,39H2,1-4H3. The molecule has 0 amide bonds. The fourth-order valence-corrected chi connectivity index (χ4v) is 11.4. The van der Waals surface area contributed by atoms with Crippen LogP contribution in [-0.2, 0) is 10.8 Å². The Kier molecular flexibility index (Phi) is 8.44.